The second kappa shape index (κ2) is 8.56. The molecule has 0 aliphatic carbocycles. The highest BCUT2D eigenvalue weighted by atomic mass is 16.5. The number of hydrogen-bond acceptors (Lipinski definition) is 4. The van der Waals surface area contributed by atoms with E-state index in [4.69, 9.17) is 4.74 Å². The Hall–Kier alpha value is -3.35. The molecule has 2 aromatic rings. The normalized spacial score (nSPS) is 14.6. The first-order chi connectivity index (χ1) is 13.5. The van der Waals surface area contributed by atoms with Crippen molar-refractivity contribution in [2.45, 2.75) is 26.4 Å². The van der Waals surface area contributed by atoms with Gasteiger partial charge < -0.3 is 15.4 Å². The maximum absolute atomic E-state index is 12.8. The maximum atomic E-state index is 12.8. The summed E-state index contributed by atoms with van der Waals surface area (Å²) in [5.41, 5.74) is 2.00. The van der Waals surface area contributed by atoms with Crippen molar-refractivity contribution in [3.63, 3.8) is 0 Å². The first kappa shape index (κ1) is 19.4. The Kier molecular flexibility index (Phi) is 5.93. The summed E-state index contributed by atoms with van der Waals surface area (Å²) in [5.74, 6) is 0.218. The molecule has 0 saturated carbocycles. The average molecular weight is 381 g/mol. The van der Waals surface area contributed by atoms with Gasteiger partial charge in [-0.2, -0.15) is 0 Å². The van der Waals surface area contributed by atoms with E-state index in [-0.39, 0.29) is 30.9 Å². The van der Waals surface area contributed by atoms with Gasteiger partial charge in [0, 0.05) is 5.56 Å². The third-order valence-electron chi connectivity index (χ3n) is 4.57. The molecule has 4 amide bonds. The number of benzene rings is 2. The Morgan fingerprint density at radius 1 is 1.18 bits per heavy atom. The largest absolute Gasteiger partial charge is 0.494 e. The second-order valence-electron chi connectivity index (χ2n) is 6.49. The van der Waals surface area contributed by atoms with Crippen LogP contribution < -0.4 is 15.4 Å². The van der Waals surface area contributed by atoms with Crippen LogP contribution in [-0.4, -0.2) is 35.9 Å². The average Bonchev–Trinajstić information content (AvgIpc) is 3.01. The van der Waals surface area contributed by atoms with Crippen LogP contribution in [0.15, 0.2) is 48.5 Å². The molecule has 3 rings (SSSR count). The van der Waals surface area contributed by atoms with Gasteiger partial charge in [-0.15, -0.1) is 0 Å². The smallest absolute Gasteiger partial charge is 0.324 e. The van der Waals surface area contributed by atoms with E-state index in [0.29, 0.717) is 17.7 Å². The van der Waals surface area contributed by atoms with Crippen LogP contribution in [0.1, 0.15) is 41.4 Å². The molecule has 1 aliphatic heterocycles. The van der Waals surface area contributed by atoms with Crippen LogP contribution >= 0.6 is 0 Å². The van der Waals surface area contributed by atoms with Crippen LogP contribution in [0, 0.1) is 0 Å². The molecule has 0 spiro atoms. The maximum Gasteiger partial charge on any atom is 0.324 e. The molecule has 146 valence electrons. The molecule has 2 aromatic carbocycles. The summed E-state index contributed by atoms with van der Waals surface area (Å²) in [4.78, 5) is 37.6. The number of urea groups is 1. The van der Waals surface area contributed by atoms with E-state index in [2.05, 4.69) is 10.6 Å². The van der Waals surface area contributed by atoms with Crippen LogP contribution in [0.4, 0.5) is 4.79 Å². The predicted octanol–water partition coefficient (Wildman–Crippen LogP) is 2.63. The summed E-state index contributed by atoms with van der Waals surface area (Å²) in [7, 11) is 0. The van der Waals surface area contributed by atoms with Crippen molar-refractivity contribution in [3.05, 3.63) is 65.2 Å². The Morgan fingerprint density at radius 2 is 1.89 bits per heavy atom. The molecule has 1 aliphatic rings. The summed E-state index contributed by atoms with van der Waals surface area (Å²) >= 11 is 0. The Labute approximate surface area is 163 Å². The lowest BCUT2D eigenvalue weighted by molar-refractivity contribution is -0.125. The zero-order chi connectivity index (χ0) is 20.1. The molecule has 2 N–H and O–H groups in total. The predicted molar refractivity (Wildman–Crippen MR) is 104 cm³/mol. The Morgan fingerprint density at radius 3 is 2.54 bits per heavy atom. The molecule has 0 radical (unpaired) electrons. The van der Waals surface area contributed by atoms with E-state index >= 15 is 0 Å². The molecule has 7 nitrogen and oxygen atoms in total. The molecule has 7 heteroatoms. The number of nitrogens with zero attached hydrogens (tertiary/aromatic N) is 1. The van der Waals surface area contributed by atoms with E-state index < -0.39 is 6.03 Å². The quantitative estimate of drug-likeness (QED) is 0.722. The third kappa shape index (κ3) is 4.31. The number of amides is 4. The number of nitrogens with one attached hydrogen (secondary N) is 2. The molecule has 1 heterocycles. The third-order valence-corrected chi connectivity index (χ3v) is 4.57. The second-order valence-corrected chi connectivity index (χ2v) is 6.49. The SMILES string of the molecule is CCOc1ccc([C@H](C)NC(=O)c2ccccc2CN2C(=O)CNC2=O)cc1. The number of hydrogen-bond donors (Lipinski definition) is 2. The summed E-state index contributed by atoms with van der Waals surface area (Å²) in [6.45, 7) is 4.47. The van der Waals surface area contributed by atoms with Crippen LogP contribution in [-0.2, 0) is 11.3 Å². The standard InChI is InChI=1S/C21H23N3O4/c1-3-28-17-10-8-15(9-11-17)14(2)23-20(26)18-7-5-4-6-16(18)13-24-19(25)12-22-21(24)27/h4-11,14H,3,12-13H2,1-2H3,(H,22,27)(H,23,26)/t14-/m0/s1. The minimum Gasteiger partial charge on any atom is -0.494 e. The minimum absolute atomic E-state index is 0.0119. The van der Waals surface area contributed by atoms with E-state index in [1.54, 1.807) is 24.3 Å². The van der Waals surface area contributed by atoms with Crippen LogP contribution in [0.3, 0.4) is 0 Å². The Bertz CT molecular complexity index is 863. The van der Waals surface area contributed by atoms with Crippen LogP contribution in [0.2, 0.25) is 0 Å². The zero-order valence-corrected chi connectivity index (χ0v) is 15.9. The lowest BCUT2D eigenvalue weighted by Gasteiger charge is -2.18. The molecule has 1 saturated heterocycles. The highest BCUT2D eigenvalue weighted by Crippen LogP contribution is 2.19. The van der Waals surface area contributed by atoms with Gasteiger partial charge in [-0.1, -0.05) is 30.3 Å². The summed E-state index contributed by atoms with van der Waals surface area (Å²) < 4.78 is 5.44. The number of carbonyl (C=O) groups excluding carboxylic acids is 3. The topological polar surface area (TPSA) is 87.7 Å². The lowest BCUT2D eigenvalue weighted by Crippen LogP contribution is -2.32. The zero-order valence-electron chi connectivity index (χ0n) is 15.9. The molecule has 28 heavy (non-hydrogen) atoms. The molecule has 1 atom stereocenters. The van der Waals surface area contributed by atoms with Crippen molar-refractivity contribution in [2.75, 3.05) is 13.2 Å². The Balaban J connectivity index is 1.72. The van der Waals surface area contributed by atoms with Crippen molar-refractivity contribution in [2.24, 2.45) is 0 Å². The number of ether oxygens (including phenoxy) is 1. The van der Waals surface area contributed by atoms with Crippen LogP contribution in [0.25, 0.3) is 0 Å². The molecule has 0 aromatic heterocycles. The molecular weight excluding hydrogens is 358 g/mol. The number of carbonyl (C=O) groups is 3. The van der Waals surface area contributed by atoms with Gasteiger partial charge in [-0.05, 0) is 43.2 Å². The van der Waals surface area contributed by atoms with Crippen molar-refractivity contribution in [1.29, 1.82) is 0 Å². The minimum atomic E-state index is -0.442. The van der Waals surface area contributed by atoms with Gasteiger partial charge in [0.1, 0.15) is 5.75 Å². The van der Waals surface area contributed by atoms with Gasteiger partial charge in [-0.25, -0.2) is 4.79 Å². The first-order valence-corrected chi connectivity index (χ1v) is 9.19. The van der Waals surface area contributed by atoms with Crippen molar-refractivity contribution < 1.29 is 19.1 Å². The monoisotopic (exact) mass is 381 g/mol. The van der Waals surface area contributed by atoms with Gasteiger partial charge >= 0.3 is 6.03 Å². The summed E-state index contributed by atoms with van der Waals surface area (Å²) in [6, 6.07) is 13.9. The number of rotatable bonds is 7. The summed E-state index contributed by atoms with van der Waals surface area (Å²) in [6.07, 6.45) is 0. The fourth-order valence-corrected chi connectivity index (χ4v) is 3.04. The summed E-state index contributed by atoms with van der Waals surface area (Å²) in [5, 5.41) is 5.45. The van der Waals surface area contributed by atoms with Crippen molar-refractivity contribution in [1.82, 2.24) is 15.5 Å². The molecular formula is C21H23N3O4. The van der Waals surface area contributed by atoms with E-state index in [1.165, 1.54) is 0 Å². The fourth-order valence-electron chi connectivity index (χ4n) is 3.04. The van der Waals surface area contributed by atoms with Gasteiger partial charge in [0.05, 0.1) is 25.7 Å². The van der Waals surface area contributed by atoms with Gasteiger partial charge in [-0.3, -0.25) is 14.5 Å². The fraction of sp³-hybridized carbons (Fsp3) is 0.286. The van der Waals surface area contributed by atoms with Gasteiger partial charge in [0.25, 0.3) is 5.91 Å². The van der Waals surface area contributed by atoms with Crippen LogP contribution in [0.5, 0.6) is 5.75 Å². The van der Waals surface area contributed by atoms with E-state index in [0.717, 1.165) is 16.2 Å². The highest BCUT2D eigenvalue weighted by Gasteiger charge is 2.29. The lowest BCUT2D eigenvalue weighted by atomic mass is 10.0. The molecule has 0 bridgehead atoms. The molecule has 0 unspecified atom stereocenters. The number of imide groups is 1. The van der Waals surface area contributed by atoms with Crippen molar-refractivity contribution >= 4 is 17.8 Å². The van der Waals surface area contributed by atoms with E-state index in [1.807, 2.05) is 38.1 Å². The highest BCUT2D eigenvalue weighted by molar-refractivity contribution is 6.02. The van der Waals surface area contributed by atoms with Gasteiger partial charge in [0.2, 0.25) is 5.91 Å². The molecule has 1 fully saturated rings. The van der Waals surface area contributed by atoms with E-state index in [9.17, 15) is 14.4 Å². The first-order valence-electron chi connectivity index (χ1n) is 9.19. The van der Waals surface area contributed by atoms with Gasteiger partial charge in [0.15, 0.2) is 0 Å². The van der Waals surface area contributed by atoms with Crippen molar-refractivity contribution in [3.8, 4) is 5.75 Å².